The van der Waals surface area contributed by atoms with Gasteiger partial charge in [-0.15, -0.1) is 6.58 Å². The molecule has 5 heteroatoms. The van der Waals surface area contributed by atoms with Crippen LogP contribution in [0.25, 0.3) is 0 Å². The zero-order valence-electron chi connectivity index (χ0n) is 8.75. The van der Waals surface area contributed by atoms with E-state index < -0.39 is 5.97 Å². The Morgan fingerprint density at radius 2 is 2.44 bits per heavy atom. The van der Waals surface area contributed by atoms with E-state index in [-0.39, 0.29) is 23.2 Å². The van der Waals surface area contributed by atoms with E-state index in [4.69, 9.17) is 26.0 Å². The van der Waals surface area contributed by atoms with Crippen molar-refractivity contribution in [3.63, 3.8) is 0 Å². The normalized spacial score (nSPS) is 9.56. The number of furan rings is 1. The highest BCUT2D eigenvalue weighted by Gasteiger charge is 2.23. The standard InChI is InChI=1S/C11H10ClNO3/c1-3-5-7-8(6-13)16-10(9(7)12)11(14)15-4-2/h3H,1,4-5H2,2H3. The van der Waals surface area contributed by atoms with Crippen molar-refractivity contribution in [2.45, 2.75) is 13.3 Å². The summed E-state index contributed by atoms with van der Waals surface area (Å²) >= 11 is 5.92. The van der Waals surface area contributed by atoms with Crippen molar-refractivity contribution in [3.8, 4) is 6.07 Å². The predicted molar refractivity (Wildman–Crippen MR) is 58.3 cm³/mol. The summed E-state index contributed by atoms with van der Waals surface area (Å²) < 4.78 is 9.79. The number of nitriles is 1. The summed E-state index contributed by atoms with van der Waals surface area (Å²) in [5.74, 6) is -0.774. The second-order valence-electron chi connectivity index (χ2n) is 2.88. The lowest BCUT2D eigenvalue weighted by Crippen LogP contribution is -2.03. The molecule has 0 N–H and O–H groups in total. The third-order valence-corrected chi connectivity index (χ3v) is 2.25. The molecule has 0 aliphatic carbocycles. The number of esters is 1. The first kappa shape index (κ1) is 12.3. The lowest BCUT2D eigenvalue weighted by Gasteiger charge is -1.97. The van der Waals surface area contributed by atoms with E-state index in [2.05, 4.69) is 6.58 Å². The van der Waals surface area contributed by atoms with Crippen LogP contribution in [0.4, 0.5) is 0 Å². The van der Waals surface area contributed by atoms with E-state index in [9.17, 15) is 4.79 Å². The third kappa shape index (κ3) is 2.26. The molecule has 1 aromatic rings. The van der Waals surface area contributed by atoms with E-state index in [0.717, 1.165) is 0 Å². The fourth-order valence-electron chi connectivity index (χ4n) is 1.19. The first-order valence-corrected chi connectivity index (χ1v) is 5.02. The molecule has 0 amide bonds. The number of carbonyl (C=O) groups excluding carboxylic acids is 1. The minimum Gasteiger partial charge on any atom is -0.460 e. The van der Waals surface area contributed by atoms with Gasteiger partial charge in [-0.05, 0) is 13.3 Å². The van der Waals surface area contributed by atoms with Crippen molar-refractivity contribution in [1.82, 2.24) is 0 Å². The number of rotatable bonds is 4. The van der Waals surface area contributed by atoms with Gasteiger partial charge in [0.05, 0.1) is 11.6 Å². The van der Waals surface area contributed by atoms with Crippen molar-refractivity contribution >= 4 is 17.6 Å². The average Bonchev–Trinajstić information content (AvgIpc) is 2.57. The minimum atomic E-state index is -0.667. The Kier molecular flexibility index (Phi) is 4.15. The SMILES string of the molecule is C=CCc1c(C#N)oc(C(=O)OCC)c1Cl. The molecule has 0 saturated heterocycles. The molecule has 16 heavy (non-hydrogen) atoms. The van der Waals surface area contributed by atoms with Gasteiger partial charge in [-0.1, -0.05) is 17.7 Å². The fourth-order valence-corrected chi connectivity index (χ4v) is 1.47. The van der Waals surface area contributed by atoms with Gasteiger partial charge in [0.15, 0.2) is 0 Å². The second kappa shape index (κ2) is 5.38. The molecule has 0 unspecified atom stereocenters. The molecule has 0 aliphatic rings. The van der Waals surface area contributed by atoms with Gasteiger partial charge < -0.3 is 9.15 Å². The summed E-state index contributed by atoms with van der Waals surface area (Å²) in [6.07, 6.45) is 1.94. The summed E-state index contributed by atoms with van der Waals surface area (Å²) in [6.45, 7) is 5.43. The third-order valence-electron chi connectivity index (χ3n) is 1.85. The van der Waals surface area contributed by atoms with Crippen molar-refractivity contribution in [3.05, 3.63) is 34.8 Å². The molecule has 4 nitrogen and oxygen atoms in total. The van der Waals surface area contributed by atoms with Crippen LogP contribution in [-0.2, 0) is 11.2 Å². The highest BCUT2D eigenvalue weighted by Crippen LogP contribution is 2.28. The van der Waals surface area contributed by atoms with E-state index in [1.54, 1.807) is 13.0 Å². The van der Waals surface area contributed by atoms with E-state index >= 15 is 0 Å². The zero-order chi connectivity index (χ0) is 12.1. The van der Waals surface area contributed by atoms with Crippen molar-refractivity contribution in [2.24, 2.45) is 0 Å². The summed E-state index contributed by atoms with van der Waals surface area (Å²) in [5, 5.41) is 8.93. The minimum absolute atomic E-state index is 0.0213. The second-order valence-corrected chi connectivity index (χ2v) is 3.26. The molecule has 1 rings (SSSR count). The molecule has 1 heterocycles. The van der Waals surface area contributed by atoms with Crippen LogP contribution in [-0.4, -0.2) is 12.6 Å². The molecule has 0 fully saturated rings. The Bertz CT molecular complexity index is 457. The van der Waals surface area contributed by atoms with Gasteiger partial charge in [0, 0.05) is 5.56 Å². The Labute approximate surface area is 98.1 Å². The molecule has 0 bridgehead atoms. The van der Waals surface area contributed by atoms with Crippen LogP contribution in [0.2, 0.25) is 5.02 Å². The van der Waals surface area contributed by atoms with Crippen LogP contribution >= 0.6 is 11.6 Å². The maximum Gasteiger partial charge on any atom is 0.375 e. The molecule has 84 valence electrons. The molecule has 0 radical (unpaired) electrons. The number of allylic oxidation sites excluding steroid dienone is 1. The van der Waals surface area contributed by atoms with Crippen LogP contribution < -0.4 is 0 Å². The Morgan fingerprint density at radius 3 is 2.94 bits per heavy atom. The molecule has 0 saturated carbocycles. The summed E-state index contributed by atoms with van der Waals surface area (Å²) in [7, 11) is 0. The van der Waals surface area contributed by atoms with Gasteiger partial charge >= 0.3 is 5.97 Å². The van der Waals surface area contributed by atoms with Gasteiger partial charge in [0.1, 0.15) is 6.07 Å². The number of nitrogens with zero attached hydrogens (tertiary/aromatic N) is 1. The maximum absolute atomic E-state index is 11.4. The number of halogens is 1. The van der Waals surface area contributed by atoms with Crippen LogP contribution in [0.15, 0.2) is 17.1 Å². The Morgan fingerprint density at radius 1 is 1.75 bits per heavy atom. The van der Waals surface area contributed by atoms with E-state index in [1.807, 2.05) is 6.07 Å². The smallest absolute Gasteiger partial charge is 0.375 e. The van der Waals surface area contributed by atoms with Crippen LogP contribution in [0.1, 0.15) is 28.8 Å². The van der Waals surface area contributed by atoms with E-state index in [1.165, 1.54) is 0 Å². The van der Waals surface area contributed by atoms with Gasteiger partial charge in [-0.25, -0.2) is 4.79 Å². The number of ether oxygens (including phenoxy) is 1. The van der Waals surface area contributed by atoms with E-state index in [0.29, 0.717) is 12.0 Å². The zero-order valence-corrected chi connectivity index (χ0v) is 9.50. The quantitative estimate of drug-likeness (QED) is 0.599. The highest BCUT2D eigenvalue weighted by molar-refractivity contribution is 6.34. The predicted octanol–water partition coefficient (Wildman–Crippen LogP) is 2.71. The van der Waals surface area contributed by atoms with Crippen LogP contribution in [0, 0.1) is 11.3 Å². The van der Waals surface area contributed by atoms with Gasteiger partial charge in [-0.3, -0.25) is 0 Å². The first-order chi connectivity index (χ1) is 7.65. The van der Waals surface area contributed by atoms with Gasteiger partial charge in [-0.2, -0.15) is 5.26 Å². The number of carbonyl (C=O) groups is 1. The first-order valence-electron chi connectivity index (χ1n) is 4.64. The molecule has 0 atom stereocenters. The van der Waals surface area contributed by atoms with Crippen molar-refractivity contribution < 1.29 is 13.9 Å². The highest BCUT2D eigenvalue weighted by atomic mass is 35.5. The van der Waals surface area contributed by atoms with Crippen molar-refractivity contribution in [2.75, 3.05) is 6.61 Å². The average molecular weight is 240 g/mol. The summed E-state index contributed by atoms with van der Waals surface area (Å²) in [4.78, 5) is 11.4. The van der Waals surface area contributed by atoms with Gasteiger partial charge in [0.25, 0.3) is 0 Å². The van der Waals surface area contributed by atoms with Crippen LogP contribution in [0.5, 0.6) is 0 Å². The summed E-state index contributed by atoms with van der Waals surface area (Å²) in [5.41, 5.74) is 0.460. The van der Waals surface area contributed by atoms with Crippen LogP contribution in [0.3, 0.4) is 0 Å². The molecular formula is C11H10ClNO3. The molecule has 1 aromatic heterocycles. The number of hydrogen-bond donors (Lipinski definition) is 0. The fraction of sp³-hybridized carbons (Fsp3) is 0.273. The Balaban J connectivity index is 3.18. The molecule has 0 aliphatic heterocycles. The Hall–Kier alpha value is -1.73. The molecular weight excluding hydrogens is 230 g/mol. The summed E-state index contributed by atoms with van der Waals surface area (Å²) in [6, 6.07) is 1.83. The molecule has 0 spiro atoms. The lowest BCUT2D eigenvalue weighted by molar-refractivity contribution is 0.0489. The monoisotopic (exact) mass is 239 g/mol. The molecule has 0 aromatic carbocycles. The van der Waals surface area contributed by atoms with Crippen molar-refractivity contribution in [1.29, 1.82) is 5.26 Å². The van der Waals surface area contributed by atoms with Gasteiger partial charge in [0.2, 0.25) is 11.5 Å². The lowest BCUT2D eigenvalue weighted by atomic mass is 10.2. The largest absolute Gasteiger partial charge is 0.460 e. The topological polar surface area (TPSA) is 63.2 Å². The number of hydrogen-bond acceptors (Lipinski definition) is 4. The maximum atomic E-state index is 11.4.